The zero-order valence-corrected chi connectivity index (χ0v) is 12.5. The monoisotopic (exact) mass is 276 g/mol. The highest BCUT2D eigenvalue weighted by Gasteiger charge is 2.27. The Morgan fingerprint density at radius 2 is 2.16 bits per heavy atom. The molecule has 5 heteroatoms. The molecule has 2 aromatic heterocycles. The molecule has 2 aromatic rings. The van der Waals surface area contributed by atoms with Crippen LogP contribution < -0.4 is 10.6 Å². The molecular weight excluding hydrogens is 256 g/mol. The summed E-state index contributed by atoms with van der Waals surface area (Å²) in [5.41, 5.74) is 5.88. The van der Waals surface area contributed by atoms with Crippen molar-refractivity contribution >= 4 is 33.3 Å². The van der Waals surface area contributed by atoms with Crippen LogP contribution >= 0.6 is 11.3 Å². The average molecular weight is 276 g/mol. The molecule has 3 heterocycles. The van der Waals surface area contributed by atoms with E-state index in [-0.39, 0.29) is 0 Å². The first-order chi connectivity index (χ1) is 9.06. The van der Waals surface area contributed by atoms with E-state index in [2.05, 4.69) is 41.7 Å². The van der Waals surface area contributed by atoms with Crippen LogP contribution in [-0.4, -0.2) is 22.6 Å². The Kier molecular flexibility index (Phi) is 3.09. The van der Waals surface area contributed by atoms with Crippen molar-refractivity contribution in [2.45, 2.75) is 39.7 Å². The minimum absolute atomic E-state index is 0.384. The van der Waals surface area contributed by atoms with Gasteiger partial charge in [0.2, 0.25) is 5.95 Å². The van der Waals surface area contributed by atoms with Gasteiger partial charge >= 0.3 is 0 Å². The summed E-state index contributed by atoms with van der Waals surface area (Å²) < 4.78 is 0. The van der Waals surface area contributed by atoms with Crippen LogP contribution in [-0.2, 0) is 0 Å². The van der Waals surface area contributed by atoms with Gasteiger partial charge in [-0.1, -0.05) is 6.92 Å². The van der Waals surface area contributed by atoms with Crippen LogP contribution in [0.4, 0.5) is 11.8 Å². The van der Waals surface area contributed by atoms with Gasteiger partial charge in [0.25, 0.3) is 0 Å². The number of nitrogen functional groups attached to an aromatic ring is 1. The van der Waals surface area contributed by atoms with Crippen LogP contribution in [0.1, 0.15) is 31.6 Å². The van der Waals surface area contributed by atoms with E-state index < -0.39 is 0 Å². The molecule has 4 nitrogen and oxygen atoms in total. The first-order valence-corrected chi connectivity index (χ1v) is 7.68. The van der Waals surface area contributed by atoms with E-state index in [9.17, 15) is 0 Å². The number of thiophene rings is 1. The molecule has 2 atom stereocenters. The van der Waals surface area contributed by atoms with Crippen molar-refractivity contribution in [2.24, 2.45) is 5.92 Å². The van der Waals surface area contributed by atoms with Gasteiger partial charge < -0.3 is 10.6 Å². The van der Waals surface area contributed by atoms with E-state index in [0.717, 1.165) is 22.6 Å². The average Bonchev–Trinajstić information content (AvgIpc) is 2.72. The maximum absolute atomic E-state index is 5.88. The van der Waals surface area contributed by atoms with Gasteiger partial charge in [-0.3, -0.25) is 0 Å². The van der Waals surface area contributed by atoms with Crippen LogP contribution in [0.15, 0.2) is 6.07 Å². The van der Waals surface area contributed by atoms with Gasteiger partial charge in [-0.05, 0) is 38.7 Å². The fourth-order valence-corrected chi connectivity index (χ4v) is 3.78. The maximum atomic E-state index is 5.88. The van der Waals surface area contributed by atoms with Crippen molar-refractivity contribution in [3.8, 4) is 0 Å². The van der Waals surface area contributed by atoms with Gasteiger partial charge in [-0.2, -0.15) is 4.98 Å². The molecule has 0 bridgehead atoms. The highest BCUT2D eigenvalue weighted by molar-refractivity contribution is 7.18. The van der Waals surface area contributed by atoms with Crippen molar-refractivity contribution in [1.82, 2.24) is 9.97 Å². The van der Waals surface area contributed by atoms with Crippen LogP contribution in [0.5, 0.6) is 0 Å². The summed E-state index contributed by atoms with van der Waals surface area (Å²) >= 11 is 1.69. The molecule has 102 valence electrons. The topological polar surface area (TPSA) is 55.0 Å². The smallest absolute Gasteiger partial charge is 0.223 e. The van der Waals surface area contributed by atoms with E-state index in [1.807, 2.05) is 0 Å². The van der Waals surface area contributed by atoms with E-state index in [1.165, 1.54) is 17.7 Å². The number of fused-ring (bicyclic) bond motifs is 1. The summed E-state index contributed by atoms with van der Waals surface area (Å²) in [5, 5.41) is 1.15. The van der Waals surface area contributed by atoms with Gasteiger partial charge in [0.1, 0.15) is 10.6 Å². The second kappa shape index (κ2) is 4.63. The SMILES string of the molecule is Cc1cc2c(N3CCCC(C)C3C)nc(N)nc2s1. The van der Waals surface area contributed by atoms with Gasteiger partial charge in [-0.25, -0.2) is 4.98 Å². The lowest BCUT2D eigenvalue weighted by molar-refractivity contribution is 0.362. The third-order valence-electron chi connectivity index (χ3n) is 4.16. The lowest BCUT2D eigenvalue weighted by Gasteiger charge is -2.39. The van der Waals surface area contributed by atoms with Gasteiger partial charge in [-0.15, -0.1) is 11.3 Å². The Morgan fingerprint density at radius 3 is 2.95 bits per heavy atom. The minimum atomic E-state index is 0.384. The summed E-state index contributed by atoms with van der Waals surface area (Å²) in [7, 11) is 0. The third kappa shape index (κ3) is 2.16. The summed E-state index contributed by atoms with van der Waals surface area (Å²) in [6.45, 7) is 7.77. The van der Waals surface area contributed by atoms with Gasteiger partial charge in [0.05, 0.1) is 5.39 Å². The molecule has 2 N–H and O–H groups in total. The first-order valence-electron chi connectivity index (χ1n) is 6.86. The van der Waals surface area contributed by atoms with Crippen molar-refractivity contribution < 1.29 is 0 Å². The Bertz CT molecular complexity index is 607. The number of hydrogen-bond acceptors (Lipinski definition) is 5. The number of piperidine rings is 1. The Labute approximate surface area is 117 Å². The predicted molar refractivity (Wildman–Crippen MR) is 81.8 cm³/mol. The molecule has 19 heavy (non-hydrogen) atoms. The quantitative estimate of drug-likeness (QED) is 0.869. The second-order valence-electron chi connectivity index (χ2n) is 5.53. The largest absolute Gasteiger partial charge is 0.368 e. The molecule has 0 aromatic carbocycles. The number of anilines is 2. The zero-order valence-electron chi connectivity index (χ0n) is 11.7. The van der Waals surface area contributed by atoms with E-state index in [0.29, 0.717) is 17.9 Å². The molecule has 0 aliphatic carbocycles. The molecule has 2 unspecified atom stereocenters. The molecule has 3 rings (SSSR count). The highest BCUT2D eigenvalue weighted by atomic mass is 32.1. The van der Waals surface area contributed by atoms with Crippen LogP contribution in [0.3, 0.4) is 0 Å². The highest BCUT2D eigenvalue weighted by Crippen LogP contribution is 2.35. The van der Waals surface area contributed by atoms with Crippen LogP contribution in [0, 0.1) is 12.8 Å². The fraction of sp³-hybridized carbons (Fsp3) is 0.571. The van der Waals surface area contributed by atoms with Crippen molar-refractivity contribution in [3.05, 3.63) is 10.9 Å². The van der Waals surface area contributed by atoms with E-state index in [4.69, 9.17) is 5.73 Å². The molecule has 1 aliphatic rings. The standard InChI is InChI=1S/C14H20N4S/c1-8-5-4-6-18(10(8)3)12-11-7-9(2)19-13(11)17-14(15)16-12/h7-8,10H,4-6H2,1-3H3,(H2,15,16,17). The molecular formula is C14H20N4S. The molecule has 0 saturated carbocycles. The Balaban J connectivity index is 2.13. The Hall–Kier alpha value is -1.36. The number of rotatable bonds is 1. The van der Waals surface area contributed by atoms with Crippen molar-refractivity contribution in [1.29, 1.82) is 0 Å². The Morgan fingerprint density at radius 1 is 1.37 bits per heavy atom. The van der Waals surface area contributed by atoms with E-state index >= 15 is 0 Å². The number of nitrogens with zero attached hydrogens (tertiary/aromatic N) is 3. The summed E-state index contributed by atoms with van der Waals surface area (Å²) in [5.74, 6) is 2.10. The number of nitrogens with two attached hydrogens (primary N) is 1. The zero-order chi connectivity index (χ0) is 13.6. The normalized spacial score (nSPS) is 24.1. The number of hydrogen-bond donors (Lipinski definition) is 1. The number of aryl methyl sites for hydroxylation is 1. The molecule has 0 radical (unpaired) electrons. The lowest BCUT2D eigenvalue weighted by atomic mass is 9.92. The summed E-state index contributed by atoms with van der Waals surface area (Å²) in [4.78, 5) is 13.5. The molecule has 0 spiro atoms. The van der Waals surface area contributed by atoms with Crippen LogP contribution in [0.2, 0.25) is 0 Å². The molecule has 0 amide bonds. The minimum Gasteiger partial charge on any atom is -0.368 e. The second-order valence-corrected chi connectivity index (χ2v) is 6.77. The van der Waals surface area contributed by atoms with E-state index in [1.54, 1.807) is 11.3 Å². The summed E-state index contributed by atoms with van der Waals surface area (Å²) in [6, 6.07) is 2.69. The maximum Gasteiger partial charge on any atom is 0.223 e. The van der Waals surface area contributed by atoms with Gasteiger partial charge in [0, 0.05) is 17.5 Å². The van der Waals surface area contributed by atoms with Crippen molar-refractivity contribution in [3.63, 3.8) is 0 Å². The number of aromatic nitrogens is 2. The van der Waals surface area contributed by atoms with Gasteiger partial charge in [0.15, 0.2) is 0 Å². The lowest BCUT2D eigenvalue weighted by Crippen LogP contribution is -2.43. The summed E-state index contributed by atoms with van der Waals surface area (Å²) in [6.07, 6.45) is 2.52. The van der Waals surface area contributed by atoms with Crippen LogP contribution in [0.25, 0.3) is 10.2 Å². The third-order valence-corrected chi connectivity index (χ3v) is 5.10. The molecule has 1 fully saturated rings. The molecule has 1 aliphatic heterocycles. The first kappa shape index (κ1) is 12.7. The molecule has 1 saturated heterocycles. The predicted octanol–water partition coefficient (Wildman–Crippen LogP) is 3.21. The van der Waals surface area contributed by atoms with Crippen molar-refractivity contribution in [2.75, 3.05) is 17.2 Å². The fourth-order valence-electron chi connectivity index (χ4n) is 2.90.